The Bertz CT molecular complexity index is 599. The number of halogens is 1. The molecule has 1 aliphatic rings. The van der Waals surface area contributed by atoms with Crippen molar-refractivity contribution in [3.63, 3.8) is 0 Å². The summed E-state index contributed by atoms with van der Waals surface area (Å²) in [4.78, 5) is 4.19. The number of nitrogens with zero attached hydrogens (tertiary/aromatic N) is 3. The predicted octanol–water partition coefficient (Wildman–Crippen LogP) is 1.96. The van der Waals surface area contributed by atoms with Gasteiger partial charge in [0.1, 0.15) is 17.9 Å². The van der Waals surface area contributed by atoms with E-state index in [-0.39, 0.29) is 11.9 Å². The van der Waals surface area contributed by atoms with E-state index in [1.54, 1.807) is 17.1 Å². The lowest BCUT2D eigenvalue weighted by atomic mass is 10.0. The number of aromatic nitrogens is 3. The summed E-state index contributed by atoms with van der Waals surface area (Å²) in [5.74, 6) is 1.12. The van der Waals surface area contributed by atoms with Gasteiger partial charge in [0.2, 0.25) is 0 Å². The highest BCUT2D eigenvalue weighted by atomic mass is 19.1. The molecule has 1 aromatic carbocycles. The van der Waals surface area contributed by atoms with Gasteiger partial charge in [0.05, 0.1) is 13.2 Å². The fraction of sp³-hybridized carbons (Fsp3) is 0.429. The van der Waals surface area contributed by atoms with Crippen LogP contribution in [0.15, 0.2) is 24.5 Å². The third-order valence-corrected chi connectivity index (χ3v) is 3.40. The van der Waals surface area contributed by atoms with Gasteiger partial charge in [-0.2, -0.15) is 5.10 Å². The number of nitrogens with one attached hydrogen (secondary N) is 1. The maximum atomic E-state index is 13.3. The highest BCUT2D eigenvalue weighted by Crippen LogP contribution is 2.32. The molecule has 0 radical (unpaired) electrons. The Morgan fingerprint density at radius 2 is 2.40 bits per heavy atom. The second-order valence-electron chi connectivity index (χ2n) is 4.94. The number of fused-ring (bicyclic) bond motifs is 1. The zero-order valence-corrected chi connectivity index (χ0v) is 11.3. The third-order valence-electron chi connectivity index (χ3n) is 3.40. The van der Waals surface area contributed by atoms with Crippen LogP contribution in [0.4, 0.5) is 4.39 Å². The monoisotopic (exact) mass is 276 g/mol. The molecule has 2 aromatic rings. The highest BCUT2D eigenvalue weighted by molar-refractivity contribution is 5.37. The molecular weight excluding hydrogens is 259 g/mol. The van der Waals surface area contributed by atoms with Gasteiger partial charge in [-0.3, -0.25) is 4.68 Å². The van der Waals surface area contributed by atoms with Crippen molar-refractivity contribution in [3.8, 4) is 5.75 Å². The summed E-state index contributed by atoms with van der Waals surface area (Å²) in [6.45, 7) is 1.21. The Hall–Kier alpha value is -1.95. The van der Waals surface area contributed by atoms with Gasteiger partial charge in [0, 0.05) is 24.7 Å². The zero-order chi connectivity index (χ0) is 13.9. The largest absolute Gasteiger partial charge is 0.493 e. The van der Waals surface area contributed by atoms with Crippen molar-refractivity contribution in [2.75, 3.05) is 6.61 Å². The normalized spacial score (nSPS) is 18.2. The van der Waals surface area contributed by atoms with Crippen LogP contribution in [0.2, 0.25) is 0 Å². The fourth-order valence-electron chi connectivity index (χ4n) is 2.44. The Morgan fingerprint density at radius 3 is 3.20 bits per heavy atom. The van der Waals surface area contributed by atoms with Crippen molar-refractivity contribution in [2.24, 2.45) is 7.05 Å². The molecule has 0 amide bonds. The van der Waals surface area contributed by atoms with Gasteiger partial charge in [-0.15, -0.1) is 0 Å². The molecule has 0 fully saturated rings. The van der Waals surface area contributed by atoms with E-state index in [1.165, 1.54) is 12.1 Å². The summed E-state index contributed by atoms with van der Waals surface area (Å²) in [6.07, 6.45) is 3.56. The lowest BCUT2D eigenvalue weighted by Gasteiger charge is -2.17. The van der Waals surface area contributed by atoms with Crippen LogP contribution in [0.3, 0.4) is 0 Å². The number of ether oxygens (including phenoxy) is 1. The Morgan fingerprint density at radius 1 is 1.50 bits per heavy atom. The highest BCUT2D eigenvalue weighted by Gasteiger charge is 2.20. The van der Waals surface area contributed by atoms with E-state index in [2.05, 4.69) is 15.4 Å². The quantitative estimate of drug-likeness (QED) is 0.931. The molecule has 1 aromatic heterocycles. The molecule has 1 aliphatic heterocycles. The molecule has 0 aliphatic carbocycles. The van der Waals surface area contributed by atoms with Gasteiger partial charge in [-0.1, -0.05) is 6.07 Å². The van der Waals surface area contributed by atoms with Crippen LogP contribution in [0.25, 0.3) is 0 Å². The average Bonchev–Trinajstić information content (AvgIpc) is 2.74. The minimum absolute atomic E-state index is 0.136. The molecule has 6 heteroatoms. The van der Waals surface area contributed by atoms with Crippen molar-refractivity contribution >= 4 is 0 Å². The van der Waals surface area contributed by atoms with Crippen LogP contribution in [-0.2, 0) is 13.6 Å². The number of aryl methyl sites for hydroxylation is 1. The van der Waals surface area contributed by atoms with Gasteiger partial charge in [-0.25, -0.2) is 9.37 Å². The van der Waals surface area contributed by atoms with Crippen LogP contribution >= 0.6 is 0 Å². The average molecular weight is 276 g/mol. The van der Waals surface area contributed by atoms with Crippen LogP contribution < -0.4 is 10.1 Å². The van der Waals surface area contributed by atoms with Crippen LogP contribution in [0.1, 0.15) is 30.3 Å². The molecule has 0 bridgehead atoms. The molecule has 1 unspecified atom stereocenters. The van der Waals surface area contributed by atoms with E-state index < -0.39 is 0 Å². The van der Waals surface area contributed by atoms with Crippen LogP contribution in [0, 0.1) is 5.82 Å². The number of benzene rings is 1. The summed E-state index contributed by atoms with van der Waals surface area (Å²) in [5.41, 5.74) is 1.000. The lowest BCUT2D eigenvalue weighted by molar-refractivity contribution is 0.313. The fourth-order valence-corrected chi connectivity index (χ4v) is 2.44. The van der Waals surface area contributed by atoms with Crippen molar-refractivity contribution in [3.05, 3.63) is 41.7 Å². The molecule has 1 atom stereocenters. The van der Waals surface area contributed by atoms with Gasteiger partial charge in [0.25, 0.3) is 0 Å². The molecule has 0 saturated heterocycles. The maximum absolute atomic E-state index is 13.3. The van der Waals surface area contributed by atoms with Crippen molar-refractivity contribution in [1.29, 1.82) is 0 Å². The summed E-state index contributed by atoms with van der Waals surface area (Å²) in [7, 11) is 1.84. The first kappa shape index (κ1) is 13.1. The van der Waals surface area contributed by atoms with E-state index in [9.17, 15) is 4.39 Å². The van der Waals surface area contributed by atoms with Gasteiger partial charge < -0.3 is 10.1 Å². The van der Waals surface area contributed by atoms with Crippen molar-refractivity contribution in [2.45, 2.75) is 25.4 Å². The van der Waals surface area contributed by atoms with E-state index >= 15 is 0 Å². The summed E-state index contributed by atoms with van der Waals surface area (Å²) in [6, 6.07) is 4.85. The first-order valence-corrected chi connectivity index (χ1v) is 6.72. The third kappa shape index (κ3) is 2.80. The summed E-state index contributed by atoms with van der Waals surface area (Å²) in [5, 5.41) is 7.67. The van der Waals surface area contributed by atoms with Gasteiger partial charge in [-0.05, 0) is 18.9 Å². The molecule has 1 N–H and O–H groups in total. The second kappa shape index (κ2) is 5.58. The molecule has 3 rings (SSSR count). The molecule has 0 spiro atoms. The minimum atomic E-state index is -0.268. The van der Waals surface area contributed by atoms with Crippen LogP contribution in [-0.4, -0.2) is 21.4 Å². The van der Waals surface area contributed by atoms with Crippen molar-refractivity contribution < 1.29 is 9.13 Å². The number of rotatable bonds is 3. The summed E-state index contributed by atoms with van der Waals surface area (Å²) < 4.78 is 20.6. The maximum Gasteiger partial charge on any atom is 0.164 e. The van der Waals surface area contributed by atoms with Crippen molar-refractivity contribution in [1.82, 2.24) is 20.1 Å². The molecule has 20 heavy (non-hydrogen) atoms. The Labute approximate surface area is 116 Å². The lowest BCUT2D eigenvalue weighted by Crippen LogP contribution is -2.21. The Balaban J connectivity index is 1.76. The van der Waals surface area contributed by atoms with E-state index in [4.69, 9.17) is 4.74 Å². The first-order valence-electron chi connectivity index (χ1n) is 6.72. The first-order chi connectivity index (χ1) is 9.72. The standard InChI is InChI=1S/C14H17FN4O/c1-19-9-17-14(18-19)8-16-12-3-2-6-20-13-7-10(15)4-5-11(12)13/h4-5,7,9,12,16H,2-3,6,8H2,1H3. The zero-order valence-electron chi connectivity index (χ0n) is 11.3. The molecular formula is C14H17FN4O. The smallest absolute Gasteiger partial charge is 0.164 e. The van der Waals surface area contributed by atoms with Crippen LogP contribution in [0.5, 0.6) is 5.75 Å². The molecule has 5 nitrogen and oxygen atoms in total. The molecule has 0 saturated carbocycles. The molecule has 106 valence electrons. The minimum Gasteiger partial charge on any atom is -0.493 e. The predicted molar refractivity (Wildman–Crippen MR) is 71.7 cm³/mol. The van der Waals surface area contributed by atoms with E-state index in [0.29, 0.717) is 18.9 Å². The number of hydrogen-bond acceptors (Lipinski definition) is 4. The SMILES string of the molecule is Cn1cnc(CNC2CCCOc3cc(F)ccc32)n1. The van der Waals surface area contributed by atoms with Gasteiger partial charge >= 0.3 is 0 Å². The van der Waals surface area contributed by atoms with E-state index in [0.717, 1.165) is 24.2 Å². The number of hydrogen-bond donors (Lipinski definition) is 1. The second-order valence-corrected chi connectivity index (χ2v) is 4.94. The topological polar surface area (TPSA) is 52.0 Å². The van der Waals surface area contributed by atoms with Gasteiger partial charge in [0.15, 0.2) is 5.82 Å². The Kier molecular flexibility index (Phi) is 3.64. The molecule has 2 heterocycles. The summed E-state index contributed by atoms with van der Waals surface area (Å²) >= 11 is 0. The van der Waals surface area contributed by atoms with E-state index in [1.807, 2.05) is 7.05 Å².